The maximum Gasteiger partial charge on any atom is 0.251 e. The van der Waals surface area contributed by atoms with Crippen molar-refractivity contribution in [1.29, 1.82) is 0 Å². The molecule has 0 N–H and O–H groups in total. The van der Waals surface area contributed by atoms with E-state index < -0.39 is 6.10 Å². The highest BCUT2D eigenvalue weighted by molar-refractivity contribution is 5.80. The van der Waals surface area contributed by atoms with Gasteiger partial charge in [0.1, 0.15) is 6.10 Å². The van der Waals surface area contributed by atoms with Crippen LogP contribution in [-0.2, 0) is 20.8 Å². The topological polar surface area (TPSA) is 51.7 Å². The lowest BCUT2D eigenvalue weighted by Gasteiger charge is -2.24. The third-order valence-corrected chi connectivity index (χ3v) is 2.66. The maximum absolute atomic E-state index is 12.1. The summed E-state index contributed by atoms with van der Waals surface area (Å²) in [5.41, 5.74) is 0.852. The Hall–Kier alpha value is -1.46. The Bertz CT molecular complexity index is 357. The highest BCUT2D eigenvalue weighted by Crippen LogP contribution is 2.05. The van der Waals surface area contributed by atoms with Crippen LogP contribution in [0.4, 0.5) is 0 Å². The molecule has 1 heterocycles. The predicted molar refractivity (Wildman–Crippen MR) is 68.0 cm³/mol. The van der Waals surface area contributed by atoms with Crippen LogP contribution in [0.5, 0.6) is 0 Å². The molecule has 0 aliphatic heterocycles. The molecule has 5 nitrogen and oxygen atoms in total. The summed E-state index contributed by atoms with van der Waals surface area (Å²) in [6.07, 6.45) is 1.26. The molecule has 0 fully saturated rings. The van der Waals surface area contributed by atoms with E-state index in [2.05, 4.69) is 4.98 Å². The van der Waals surface area contributed by atoms with Gasteiger partial charge in [-0.05, 0) is 19.1 Å². The lowest BCUT2D eigenvalue weighted by Crippen LogP contribution is -2.40. The van der Waals surface area contributed by atoms with Crippen molar-refractivity contribution in [3.8, 4) is 0 Å². The first-order valence-corrected chi connectivity index (χ1v) is 5.89. The second-order valence-corrected chi connectivity index (χ2v) is 3.95. The van der Waals surface area contributed by atoms with Crippen molar-refractivity contribution in [2.45, 2.75) is 19.6 Å². The van der Waals surface area contributed by atoms with Crippen molar-refractivity contribution in [2.75, 3.05) is 27.4 Å². The number of ether oxygens (including phenoxy) is 2. The molecule has 100 valence electrons. The SMILES string of the molecule is COCCN(Cc1ccccn1)C(=O)C(C)OC. The van der Waals surface area contributed by atoms with Gasteiger partial charge in [0.2, 0.25) is 0 Å². The number of pyridine rings is 1. The summed E-state index contributed by atoms with van der Waals surface area (Å²) in [6, 6.07) is 5.65. The van der Waals surface area contributed by atoms with E-state index in [1.807, 2.05) is 18.2 Å². The van der Waals surface area contributed by atoms with Gasteiger partial charge in [0.25, 0.3) is 5.91 Å². The second kappa shape index (κ2) is 7.79. The van der Waals surface area contributed by atoms with Crippen LogP contribution < -0.4 is 0 Å². The molecule has 1 atom stereocenters. The molecule has 0 spiro atoms. The minimum atomic E-state index is -0.453. The van der Waals surface area contributed by atoms with Gasteiger partial charge >= 0.3 is 0 Å². The quantitative estimate of drug-likeness (QED) is 0.729. The van der Waals surface area contributed by atoms with Crippen LogP contribution in [0.15, 0.2) is 24.4 Å². The zero-order chi connectivity index (χ0) is 13.4. The van der Waals surface area contributed by atoms with E-state index in [1.54, 1.807) is 25.1 Å². The first kappa shape index (κ1) is 14.6. The van der Waals surface area contributed by atoms with Crippen molar-refractivity contribution in [3.05, 3.63) is 30.1 Å². The van der Waals surface area contributed by atoms with Crippen molar-refractivity contribution in [3.63, 3.8) is 0 Å². The summed E-state index contributed by atoms with van der Waals surface area (Å²) in [7, 11) is 3.14. The van der Waals surface area contributed by atoms with Crippen molar-refractivity contribution in [1.82, 2.24) is 9.88 Å². The van der Waals surface area contributed by atoms with E-state index in [0.29, 0.717) is 19.7 Å². The number of aromatic nitrogens is 1. The van der Waals surface area contributed by atoms with Gasteiger partial charge in [-0.25, -0.2) is 0 Å². The predicted octanol–water partition coefficient (Wildman–Crippen LogP) is 1.09. The molecule has 0 aliphatic rings. The lowest BCUT2D eigenvalue weighted by atomic mass is 10.3. The summed E-state index contributed by atoms with van der Waals surface area (Å²) in [4.78, 5) is 18.0. The molecule has 18 heavy (non-hydrogen) atoms. The standard InChI is InChI=1S/C13H20N2O3/c1-11(18-3)13(16)15(8-9-17-2)10-12-6-4-5-7-14-12/h4-7,11H,8-10H2,1-3H3. The molecule has 0 aliphatic carbocycles. The first-order chi connectivity index (χ1) is 8.69. The normalized spacial score (nSPS) is 12.2. The average molecular weight is 252 g/mol. The molecule has 5 heteroatoms. The van der Waals surface area contributed by atoms with E-state index >= 15 is 0 Å². The summed E-state index contributed by atoms with van der Waals surface area (Å²) >= 11 is 0. The van der Waals surface area contributed by atoms with Gasteiger partial charge in [-0.2, -0.15) is 0 Å². The second-order valence-electron chi connectivity index (χ2n) is 3.95. The number of carbonyl (C=O) groups excluding carboxylic acids is 1. The van der Waals surface area contributed by atoms with Gasteiger partial charge in [0.05, 0.1) is 18.8 Å². The van der Waals surface area contributed by atoms with E-state index in [9.17, 15) is 4.79 Å². The Morgan fingerprint density at radius 2 is 2.22 bits per heavy atom. The van der Waals surface area contributed by atoms with E-state index in [-0.39, 0.29) is 5.91 Å². The maximum atomic E-state index is 12.1. The number of methoxy groups -OCH3 is 2. The number of carbonyl (C=O) groups is 1. The summed E-state index contributed by atoms with van der Waals surface area (Å²) in [5.74, 6) is -0.0554. The molecule has 1 rings (SSSR count). The smallest absolute Gasteiger partial charge is 0.251 e. The van der Waals surface area contributed by atoms with E-state index in [0.717, 1.165) is 5.69 Å². The number of rotatable bonds is 7. The molecule has 1 amide bonds. The molecule has 0 saturated carbocycles. The van der Waals surface area contributed by atoms with Crippen LogP contribution >= 0.6 is 0 Å². The molecular formula is C13H20N2O3. The van der Waals surface area contributed by atoms with Gasteiger partial charge in [-0.1, -0.05) is 6.07 Å². The van der Waals surface area contributed by atoms with Gasteiger partial charge in [-0.15, -0.1) is 0 Å². The van der Waals surface area contributed by atoms with Gasteiger partial charge in [0.15, 0.2) is 0 Å². The van der Waals surface area contributed by atoms with E-state index in [1.165, 1.54) is 7.11 Å². The van der Waals surface area contributed by atoms with Crippen LogP contribution in [-0.4, -0.2) is 49.3 Å². The Balaban J connectivity index is 2.69. The fourth-order valence-corrected chi connectivity index (χ4v) is 1.51. The minimum Gasteiger partial charge on any atom is -0.383 e. The fourth-order valence-electron chi connectivity index (χ4n) is 1.51. The van der Waals surface area contributed by atoms with Crippen LogP contribution in [0.2, 0.25) is 0 Å². The van der Waals surface area contributed by atoms with Gasteiger partial charge in [-0.3, -0.25) is 9.78 Å². The molecule has 0 saturated heterocycles. The largest absolute Gasteiger partial charge is 0.383 e. The highest BCUT2D eigenvalue weighted by Gasteiger charge is 2.20. The lowest BCUT2D eigenvalue weighted by molar-refractivity contribution is -0.142. The minimum absolute atomic E-state index is 0.0554. The van der Waals surface area contributed by atoms with Crippen molar-refractivity contribution < 1.29 is 14.3 Å². The van der Waals surface area contributed by atoms with Gasteiger partial charge in [0, 0.05) is 27.0 Å². The zero-order valence-electron chi connectivity index (χ0n) is 11.1. The Labute approximate surface area is 108 Å². The van der Waals surface area contributed by atoms with Crippen LogP contribution in [0.1, 0.15) is 12.6 Å². The average Bonchev–Trinajstić information content (AvgIpc) is 2.42. The Kier molecular flexibility index (Phi) is 6.32. The van der Waals surface area contributed by atoms with Crippen LogP contribution in [0.25, 0.3) is 0 Å². The molecule has 1 unspecified atom stereocenters. The summed E-state index contributed by atoms with van der Waals surface area (Å²) in [5, 5.41) is 0. The monoisotopic (exact) mass is 252 g/mol. The number of hydrogen-bond donors (Lipinski definition) is 0. The summed E-state index contributed by atoms with van der Waals surface area (Å²) in [6.45, 7) is 3.23. The molecular weight excluding hydrogens is 232 g/mol. The number of hydrogen-bond acceptors (Lipinski definition) is 4. The van der Waals surface area contributed by atoms with Crippen LogP contribution in [0, 0.1) is 0 Å². The number of amides is 1. The molecule has 0 radical (unpaired) electrons. The van der Waals surface area contributed by atoms with Crippen molar-refractivity contribution in [2.24, 2.45) is 0 Å². The third-order valence-electron chi connectivity index (χ3n) is 2.66. The Morgan fingerprint density at radius 1 is 1.44 bits per heavy atom. The van der Waals surface area contributed by atoms with E-state index in [4.69, 9.17) is 9.47 Å². The van der Waals surface area contributed by atoms with Crippen molar-refractivity contribution >= 4 is 5.91 Å². The van der Waals surface area contributed by atoms with Crippen LogP contribution in [0.3, 0.4) is 0 Å². The first-order valence-electron chi connectivity index (χ1n) is 5.89. The summed E-state index contributed by atoms with van der Waals surface area (Å²) < 4.78 is 10.1. The number of nitrogens with zero attached hydrogens (tertiary/aromatic N) is 2. The molecule has 1 aromatic rings. The van der Waals surface area contributed by atoms with Gasteiger partial charge < -0.3 is 14.4 Å². The Morgan fingerprint density at radius 3 is 2.78 bits per heavy atom. The molecule has 0 bridgehead atoms. The highest BCUT2D eigenvalue weighted by atomic mass is 16.5. The zero-order valence-corrected chi connectivity index (χ0v) is 11.1. The molecule has 1 aromatic heterocycles. The third kappa shape index (κ3) is 4.43. The molecule has 0 aromatic carbocycles. The fraction of sp³-hybridized carbons (Fsp3) is 0.538.